The Morgan fingerprint density at radius 2 is 0.941 bits per heavy atom. The molecule has 0 spiro atoms. The van der Waals surface area contributed by atoms with Crippen molar-refractivity contribution < 1.29 is 28.5 Å². The van der Waals surface area contributed by atoms with Gasteiger partial charge in [0.1, 0.15) is 11.5 Å². The molecule has 3 rings (SSSR count). The Morgan fingerprint density at radius 3 is 1.24 bits per heavy atom. The van der Waals surface area contributed by atoms with Crippen molar-refractivity contribution in [2.45, 2.75) is 12.8 Å². The number of carbonyl (C=O) groups excluding carboxylic acids is 2. The highest BCUT2D eigenvalue weighted by atomic mass is 16.5. The number of methoxy groups -OCH3 is 4. The number of allylic oxidation sites excluding steroid dienone is 2. The van der Waals surface area contributed by atoms with Gasteiger partial charge < -0.3 is 40.7 Å². The first-order valence-corrected chi connectivity index (χ1v) is 10.4. The second-order valence-corrected chi connectivity index (χ2v) is 7.21. The quantitative estimate of drug-likeness (QED) is 0.306. The van der Waals surface area contributed by atoms with Crippen LogP contribution in [0, 0.1) is 0 Å². The molecule has 2 aromatic rings. The normalized spacial score (nSPS) is 13.1. The molecule has 180 valence electrons. The maximum atomic E-state index is 12.5. The van der Waals surface area contributed by atoms with E-state index < -0.39 is 11.9 Å². The van der Waals surface area contributed by atoms with Crippen LogP contribution in [0.4, 0.5) is 11.4 Å². The summed E-state index contributed by atoms with van der Waals surface area (Å²) in [4.78, 5) is 25.1. The van der Waals surface area contributed by atoms with Crippen molar-refractivity contribution in [2.24, 2.45) is 0 Å². The first-order chi connectivity index (χ1) is 16.5. The van der Waals surface area contributed by atoms with Gasteiger partial charge in [0.25, 0.3) is 0 Å². The average molecular weight is 469 g/mol. The summed E-state index contributed by atoms with van der Waals surface area (Å²) in [6, 6.07) is 14.5. The van der Waals surface area contributed by atoms with Crippen molar-refractivity contribution in [2.75, 3.05) is 39.3 Å². The van der Waals surface area contributed by atoms with E-state index in [1.54, 1.807) is 38.5 Å². The molecular weight excluding hydrogens is 440 g/mol. The molecule has 10 nitrogen and oxygen atoms in total. The lowest BCUT2D eigenvalue weighted by molar-refractivity contribution is -0.137. The molecule has 1 aliphatic rings. The Bertz CT molecular complexity index is 990. The number of hydrogen-bond acceptors (Lipinski definition) is 10. The maximum absolute atomic E-state index is 12.5. The first-order valence-electron chi connectivity index (χ1n) is 10.4. The molecule has 0 atom stereocenters. The summed E-state index contributed by atoms with van der Waals surface area (Å²) < 4.78 is 20.3. The second-order valence-electron chi connectivity index (χ2n) is 7.21. The lowest BCUT2D eigenvalue weighted by Crippen LogP contribution is -2.33. The monoisotopic (exact) mass is 468 g/mol. The van der Waals surface area contributed by atoms with Gasteiger partial charge in [0.15, 0.2) is 0 Å². The zero-order valence-electron chi connectivity index (χ0n) is 19.5. The van der Waals surface area contributed by atoms with E-state index in [-0.39, 0.29) is 12.8 Å². The number of nitrogens with one attached hydrogen (secondary N) is 4. The van der Waals surface area contributed by atoms with Gasteiger partial charge in [-0.1, -0.05) is 0 Å². The summed E-state index contributed by atoms with van der Waals surface area (Å²) in [7, 11) is 5.80. The molecule has 0 saturated heterocycles. The van der Waals surface area contributed by atoms with Crippen molar-refractivity contribution in [3.63, 3.8) is 0 Å². The van der Waals surface area contributed by atoms with Crippen LogP contribution in [0.2, 0.25) is 0 Å². The summed E-state index contributed by atoms with van der Waals surface area (Å²) in [5.41, 5.74) is 15.4. The highest BCUT2D eigenvalue weighted by Crippen LogP contribution is 2.29. The standard InChI is InChI=1S/C24H28N4O6/c1-31-17-9-5-15(6-10-17)25-27-21-13-20(24(30)34-4)22(14-19(21)23(29)33-3)28-26-16-7-11-18(32-2)12-8-16/h5-12,25-28H,13-14H2,1-4H3. The van der Waals surface area contributed by atoms with E-state index in [2.05, 4.69) is 21.7 Å². The van der Waals surface area contributed by atoms with Crippen LogP contribution in [-0.2, 0) is 19.1 Å². The van der Waals surface area contributed by atoms with Crippen LogP contribution in [0.15, 0.2) is 71.1 Å². The fourth-order valence-corrected chi connectivity index (χ4v) is 3.30. The van der Waals surface area contributed by atoms with Gasteiger partial charge in [-0.15, -0.1) is 0 Å². The molecule has 2 aromatic carbocycles. The summed E-state index contributed by atoms with van der Waals surface area (Å²) in [5.74, 6) is 0.417. The fourth-order valence-electron chi connectivity index (χ4n) is 3.30. The summed E-state index contributed by atoms with van der Waals surface area (Å²) in [6.07, 6.45) is 0.236. The van der Waals surface area contributed by atoms with Gasteiger partial charge in [0, 0.05) is 24.2 Å². The number of carbonyl (C=O) groups is 2. The minimum absolute atomic E-state index is 0.118. The van der Waals surface area contributed by atoms with E-state index in [0.717, 1.165) is 11.4 Å². The van der Waals surface area contributed by atoms with Crippen LogP contribution in [0.3, 0.4) is 0 Å². The molecule has 0 aromatic heterocycles. The molecule has 1 aliphatic carbocycles. The molecule has 10 heteroatoms. The Balaban J connectivity index is 1.80. The average Bonchev–Trinajstić information content (AvgIpc) is 2.90. The Kier molecular flexibility index (Phi) is 8.22. The van der Waals surface area contributed by atoms with E-state index in [1.807, 2.05) is 24.3 Å². The lowest BCUT2D eigenvalue weighted by atomic mass is 9.93. The molecule has 0 amide bonds. The number of hydrazine groups is 2. The third kappa shape index (κ3) is 5.91. The Hall–Kier alpha value is -4.34. The SMILES string of the molecule is COC(=O)C1=C(NNc2ccc(OC)cc2)CC(C(=O)OC)=C(NNc2ccc(OC)cc2)C1. The molecule has 4 N–H and O–H groups in total. The van der Waals surface area contributed by atoms with E-state index in [4.69, 9.17) is 18.9 Å². The highest BCUT2D eigenvalue weighted by Gasteiger charge is 2.29. The van der Waals surface area contributed by atoms with Crippen LogP contribution >= 0.6 is 0 Å². The van der Waals surface area contributed by atoms with E-state index in [0.29, 0.717) is 34.0 Å². The molecule has 34 heavy (non-hydrogen) atoms. The minimum Gasteiger partial charge on any atom is -0.497 e. The first kappa shape index (κ1) is 24.3. The molecular formula is C24H28N4O6. The number of ether oxygens (including phenoxy) is 4. The van der Waals surface area contributed by atoms with Crippen LogP contribution < -0.4 is 31.2 Å². The topological polar surface area (TPSA) is 119 Å². The third-order valence-electron chi connectivity index (χ3n) is 5.19. The number of benzene rings is 2. The number of anilines is 2. The van der Waals surface area contributed by atoms with Gasteiger partial charge >= 0.3 is 11.9 Å². The molecule has 0 saturated carbocycles. The van der Waals surface area contributed by atoms with Gasteiger partial charge in [-0.3, -0.25) is 0 Å². The second kappa shape index (κ2) is 11.5. The van der Waals surface area contributed by atoms with E-state index in [1.165, 1.54) is 14.2 Å². The zero-order valence-corrected chi connectivity index (χ0v) is 19.5. The van der Waals surface area contributed by atoms with Crippen LogP contribution in [0.25, 0.3) is 0 Å². The van der Waals surface area contributed by atoms with Gasteiger partial charge in [0.05, 0.1) is 51.0 Å². The number of hydrogen-bond donors (Lipinski definition) is 4. The summed E-state index contributed by atoms with van der Waals surface area (Å²) in [6.45, 7) is 0. The number of rotatable bonds is 10. The largest absolute Gasteiger partial charge is 0.497 e. The van der Waals surface area contributed by atoms with Gasteiger partial charge in [-0.2, -0.15) is 0 Å². The van der Waals surface area contributed by atoms with Gasteiger partial charge in [-0.05, 0) is 48.5 Å². The zero-order chi connectivity index (χ0) is 24.5. The molecule has 0 heterocycles. The van der Waals surface area contributed by atoms with Crippen LogP contribution in [0.5, 0.6) is 11.5 Å². The molecule has 0 fully saturated rings. The van der Waals surface area contributed by atoms with Crippen LogP contribution in [0.1, 0.15) is 12.8 Å². The summed E-state index contributed by atoms with van der Waals surface area (Å²) >= 11 is 0. The molecule has 0 radical (unpaired) electrons. The highest BCUT2D eigenvalue weighted by molar-refractivity contribution is 5.95. The molecule has 0 aliphatic heterocycles. The summed E-state index contributed by atoms with van der Waals surface area (Å²) in [5, 5.41) is 0. The van der Waals surface area contributed by atoms with Crippen molar-refractivity contribution in [1.82, 2.24) is 10.9 Å². The van der Waals surface area contributed by atoms with Gasteiger partial charge in [0.2, 0.25) is 0 Å². The smallest absolute Gasteiger partial charge is 0.335 e. The minimum atomic E-state index is -0.508. The van der Waals surface area contributed by atoms with Crippen LogP contribution in [-0.4, -0.2) is 40.4 Å². The maximum Gasteiger partial charge on any atom is 0.335 e. The lowest BCUT2D eigenvalue weighted by Gasteiger charge is -2.26. The Labute approximate surface area is 197 Å². The third-order valence-corrected chi connectivity index (χ3v) is 5.19. The Morgan fingerprint density at radius 1 is 0.588 bits per heavy atom. The molecule has 0 bridgehead atoms. The predicted molar refractivity (Wildman–Crippen MR) is 127 cm³/mol. The van der Waals surface area contributed by atoms with Gasteiger partial charge in [-0.25, -0.2) is 9.59 Å². The van der Waals surface area contributed by atoms with Crippen molar-refractivity contribution >= 4 is 23.3 Å². The van der Waals surface area contributed by atoms with E-state index in [9.17, 15) is 9.59 Å². The van der Waals surface area contributed by atoms with Crippen molar-refractivity contribution in [3.05, 3.63) is 71.1 Å². The number of esters is 2. The van der Waals surface area contributed by atoms with Crippen molar-refractivity contribution in [1.29, 1.82) is 0 Å². The predicted octanol–water partition coefficient (Wildman–Crippen LogP) is 2.89. The van der Waals surface area contributed by atoms with Crippen molar-refractivity contribution in [3.8, 4) is 11.5 Å². The molecule has 0 unspecified atom stereocenters. The van der Waals surface area contributed by atoms with E-state index >= 15 is 0 Å². The fraction of sp³-hybridized carbons (Fsp3) is 0.250.